The van der Waals surface area contributed by atoms with Crippen LogP contribution in [0.3, 0.4) is 0 Å². The van der Waals surface area contributed by atoms with Crippen LogP contribution in [-0.4, -0.2) is 29.3 Å². The van der Waals surface area contributed by atoms with Gasteiger partial charge >= 0.3 is 0 Å². The third kappa shape index (κ3) is 2.66. The average molecular weight is 288 g/mol. The zero-order valence-corrected chi connectivity index (χ0v) is 10.3. The first-order chi connectivity index (χ1) is 7.29. The fourth-order valence-electron chi connectivity index (χ4n) is 1.53. The summed E-state index contributed by atoms with van der Waals surface area (Å²) in [5.74, 6) is 0. The van der Waals surface area contributed by atoms with Crippen molar-refractivity contribution in [3.63, 3.8) is 0 Å². The van der Waals surface area contributed by atoms with Crippen molar-refractivity contribution in [3.8, 4) is 6.19 Å². The van der Waals surface area contributed by atoms with Gasteiger partial charge < -0.3 is 0 Å². The van der Waals surface area contributed by atoms with Crippen molar-refractivity contribution in [2.24, 2.45) is 0 Å². The molecule has 0 aromatic carbocycles. The molecule has 0 aliphatic carbocycles. The highest BCUT2D eigenvalue weighted by Gasteiger charge is 2.23. The Labute approximate surface area is 100 Å². The SMILES string of the molecule is N#CNC1NCCN1Cc1cnc(Br)s1. The number of nitrogens with zero attached hydrogens (tertiary/aromatic N) is 3. The van der Waals surface area contributed by atoms with Gasteiger partial charge in [-0.3, -0.25) is 15.5 Å². The van der Waals surface area contributed by atoms with Crippen LogP contribution in [0.25, 0.3) is 0 Å². The van der Waals surface area contributed by atoms with E-state index in [2.05, 4.69) is 36.4 Å². The van der Waals surface area contributed by atoms with E-state index in [-0.39, 0.29) is 6.29 Å². The van der Waals surface area contributed by atoms with Crippen molar-refractivity contribution in [2.75, 3.05) is 13.1 Å². The van der Waals surface area contributed by atoms with Gasteiger partial charge in [-0.1, -0.05) is 0 Å². The molecule has 1 atom stereocenters. The van der Waals surface area contributed by atoms with Gasteiger partial charge in [0.25, 0.3) is 0 Å². The molecular weight excluding hydrogens is 278 g/mol. The molecule has 0 spiro atoms. The second-order valence-electron chi connectivity index (χ2n) is 3.16. The normalized spacial score (nSPS) is 21.5. The first-order valence-corrected chi connectivity index (χ1v) is 6.13. The number of hydrogen-bond acceptors (Lipinski definition) is 6. The molecule has 1 fully saturated rings. The van der Waals surface area contributed by atoms with E-state index in [1.807, 2.05) is 12.4 Å². The van der Waals surface area contributed by atoms with E-state index in [1.165, 1.54) is 4.88 Å². The van der Waals surface area contributed by atoms with Gasteiger partial charge in [-0.2, -0.15) is 5.26 Å². The van der Waals surface area contributed by atoms with Gasteiger partial charge in [0.05, 0.1) is 0 Å². The summed E-state index contributed by atoms with van der Waals surface area (Å²) in [5.41, 5.74) is 0. The van der Waals surface area contributed by atoms with Crippen LogP contribution in [-0.2, 0) is 6.54 Å². The van der Waals surface area contributed by atoms with Crippen LogP contribution < -0.4 is 10.6 Å². The van der Waals surface area contributed by atoms with Crippen LogP contribution in [0.2, 0.25) is 0 Å². The van der Waals surface area contributed by atoms with Crippen LogP contribution in [0.4, 0.5) is 0 Å². The molecule has 1 unspecified atom stereocenters. The van der Waals surface area contributed by atoms with Crippen molar-refractivity contribution in [1.29, 1.82) is 5.26 Å². The Kier molecular flexibility index (Phi) is 3.53. The Morgan fingerprint density at radius 1 is 1.87 bits per heavy atom. The summed E-state index contributed by atoms with van der Waals surface area (Å²) in [7, 11) is 0. The van der Waals surface area contributed by atoms with Crippen molar-refractivity contribution in [1.82, 2.24) is 20.5 Å². The zero-order chi connectivity index (χ0) is 10.7. The summed E-state index contributed by atoms with van der Waals surface area (Å²) < 4.78 is 0.898. The zero-order valence-electron chi connectivity index (χ0n) is 7.90. The Balaban J connectivity index is 1.96. The van der Waals surface area contributed by atoms with Crippen LogP contribution in [0.15, 0.2) is 10.1 Å². The monoisotopic (exact) mass is 287 g/mol. The Morgan fingerprint density at radius 3 is 3.40 bits per heavy atom. The number of nitrogens with one attached hydrogen (secondary N) is 2. The highest BCUT2D eigenvalue weighted by Crippen LogP contribution is 2.20. The number of hydrogen-bond donors (Lipinski definition) is 2. The summed E-state index contributed by atoms with van der Waals surface area (Å²) in [6, 6.07) is 0. The van der Waals surface area contributed by atoms with E-state index in [1.54, 1.807) is 11.3 Å². The highest BCUT2D eigenvalue weighted by molar-refractivity contribution is 9.11. The van der Waals surface area contributed by atoms with Crippen LogP contribution in [0.5, 0.6) is 0 Å². The molecular formula is C8H10BrN5S. The third-order valence-corrected chi connectivity index (χ3v) is 3.65. The molecule has 5 nitrogen and oxygen atoms in total. The van der Waals surface area contributed by atoms with E-state index >= 15 is 0 Å². The van der Waals surface area contributed by atoms with E-state index in [4.69, 9.17) is 5.26 Å². The minimum atomic E-state index is -0.0455. The number of nitriles is 1. The largest absolute Gasteiger partial charge is 0.294 e. The number of thiazole rings is 1. The summed E-state index contributed by atoms with van der Waals surface area (Å²) in [4.78, 5) is 7.49. The van der Waals surface area contributed by atoms with Gasteiger partial charge in [-0.05, 0) is 15.9 Å². The van der Waals surface area contributed by atoms with Crippen molar-refractivity contribution < 1.29 is 0 Å². The lowest BCUT2D eigenvalue weighted by Crippen LogP contribution is -2.44. The van der Waals surface area contributed by atoms with Crippen LogP contribution in [0.1, 0.15) is 4.88 Å². The van der Waals surface area contributed by atoms with Gasteiger partial charge in [-0.15, -0.1) is 11.3 Å². The van der Waals surface area contributed by atoms with E-state index in [0.29, 0.717) is 0 Å². The van der Waals surface area contributed by atoms with E-state index in [9.17, 15) is 0 Å². The molecule has 0 saturated carbocycles. The van der Waals surface area contributed by atoms with Gasteiger partial charge in [0.2, 0.25) is 0 Å². The van der Waals surface area contributed by atoms with Crippen molar-refractivity contribution >= 4 is 27.3 Å². The standard InChI is InChI=1S/C8H10BrN5S/c9-7-12-3-6(15-7)4-14-2-1-11-8(14)13-5-10/h3,8,11,13H,1-2,4H2. The number of halogens is 1. The Bertz CT molecular complexity index is 373. The molecule has 1 aromatic rings. The Morgan fingerprint density at radius 2 is 2.73 bits per heavy atom. The van der Waals surface area contributed by atoms with Gasteiger partial charge in [-0.25, -0.2) is 4.98 Å². The quantitative estimate of drug-likeness (QED) is 0.632. The number of aromatic nitrogens is 1. The van der Waals surface area contributed by atoms with E-state index in [0.717, 1.165) is 23.6 Å². The first kappa shape index (κ1) is 10.8. The third-order valence-electron chi connectivity index (χ3n) is 2.19. The second-order valence-corrected chi connectivity index (χ2v) is 5.55. The molecule has 1 aliphatic heterocycles. The molecule has 0 amide bonds. The molecule has 15 heavy (non-hydrogen) atoms. The van der Waals surface area contributed by atoms with Crippen molar-refractivity contribution in [3.05, 3.63) is 15.0 Å². The summed E-state index contributed by atoms with van der Waals surface area (Å²) in [6.07, 6.45) is 3.77. The van der Waals surface area contributed by atoms with Gasteiger partial charge in [0.1, 0.15) is 6.29 Å². The first-order valence-electron chi connectivity index (χ1n) is 4.52. The molecule has 1 aromatic heterocycles. The fraction of sp³-hybridized carbons (Fsp3) is 0.500. The molecule has 1 aliphatic rings. The smallest absolute Gasteiger partial charge is 0.178 e. The molecule has 0 bridgehead atoms. The minimum Gasteiger partial charge on any atom is -0.294 e. The van der Waals surface area contributed by atoms with E-state index < -0.39 is 0 Å². The predicted octanol–water partition coefficient (Wildman–Crippen LogP) is 0.665. The summed E-state index contributed by atoms with van der Waals surface area (Å²) >= 11 is 4.95. The lowest BCUT2D eigenvalue weighted by molar-refractivity contribution is 0.217. The summed E-state index contributed by atoms with van der Waals surface area (Å²) in [6.45, 7) is 2.66. The maximum Gasteiger partial charge on any atom is 0.178 e. The highest BCUT2D eigenvalue weighted by atomic mass is 79.9. The fourth-order valence-corrected chi connectivity index (χ4v) is 2.92. The molecule has 0 radical (unpaired) electrons. The van der Waals surface area contributed by atoms with Gasteiger partial charge in [0.15, 0.2) is 10.1 Å². The lowest BCUT2D eigenvalue weighted by atomic mass is 10.4. The van der Waals surface area contributed by atoms with Crippen LogP contribution >= 0.6 is 27.3 Å². The molecule has 80 valence electrons. The minimum absolute atomic E-state index is 0.0455. The summed E-state index contributed by atoms with van der Waals surface area (Å²) in [5, 5.41) is 14.5. The molecule has 2 heterocycles. The van der Waals surface area contributed by atoms with Gasteiger partial charge in [0, 0.05) is 30.7 Å². The second kappa shape index (κ2) is 4.90. The van der Waals surface area contributed by atoms with Crippen LogP contribution in [0, 0.1) is 11.5 Å². The Hall–Kier alpha value is -0.680. The predicted molar refractivity (Wildman–Crippen MR) is 60.8 cm³/mol. The van der Waals surface area contributed by atoms with Crippen molar-refractivity contribution in [2.45, 2.75) is 12.8 Å². The molecule has 2 N–H and O–H groups in total. The maximum absolute atomic E-state index is 8.57. The lowest BCUT2D eigenvalue weighted by Gasteiger charge is -2.21. The molecule has 2 rings (SSSR count). The number of rotatable bonds is 3. The maximum atomic E-state index is 8.57. The molecule has 7 heteroatoms. The topological polar surface area (TPSA) is 64.0 Å². The molecule has 1 saturated heterocycles. The average Bonchev–Trinajstić information content (AvgIpc) is 2.78.